The van der Waals surface area contributed by atoms with Gasteiger partial charge in [-0.25, -0.2) is 0 Å². The van der Waals surface area contributed by atoms with Gasteiger partial charge in [-0.1, -0.05) is 38.1 Å². The minimum atomic E-state index is -0.397. The summed E-state index contributed by atoms with van der Waals surface area (Å²) in [5.74, 6) is 0.412. The molecule has 0 aromatic heterocycles. The molecule has 2 heterocycles. The third kappa shape index (κ3) is 4.03. The highest BCUT2D eigenvalue weighted by Gasteiger charge is 2.37. The molecular formula is C20H28N2O3. The van der Waals surface area contributed by atoms with E-state index in [-0.39, 0.29) is 23.8 Å². The molecule has 5 nitrogen and oxygen atoms in total. The van der Waals surface area contributed by atoms with Crippen molar-refractivity contribution in [3.8, 4) is 0 Å². The SMILES string of the molecule is CC(C)CC(=O)N1Cc2ccccc2C[C@H]1C(=O)N1CCO[C@H](C)C1. The van der Waals surface area contributed by atoms with Crippen molar-refractivity contribution >= 4 is 11.8 Å². The monoisotopic (exact) mass is 344 g/mol. The number of fused-ring (bicyclic) bond motifs is 1. The molecule has 2 amide bonds. The number of rotatable bonds is 3. The van der Waals surface area contributed by atoms with Crippen molar-refractivity contribution < 1.29 is 14.3 Å². The van der Waals surface area contributed by atoms with E-state index in [1.165, 1.54) is 5.56 Å². The van der Waals surface area contributed by atoms with Crippen molar-refractivity contribution in [1.82, 2.24) is 9.80 Å². The fraction of sp³-hybridized carbons (Fsp3) is 0.600. The van der Waals surface area contributed by atoms with Crippen LogP contribution >= 0.6 is 0 Å². The molecule has 0 unspecified atom stereocenters. The van der Waals surface area contributed by atoms with Crippen molar-refractivity contribution in [3.05, 3.63) is 35.4 Å². The van der Waals surface area contributed by atoms with Crippen molar-refractivity contribution in [3.63, 3.8) is 0 Å². The lowest BCUT2D eigenvalue weighted by atomic mass is 9.92. The first-order valence-electron chi connectivity index (χ1n) is 9.22. The Hall–Kier alpha value is -1.88. The minimum Gasteiger partial charge on any atom is -0.375 e. The molecule has 5 heteroatoms. The van der Waals surface area contributed by atoms with Crippen LogP contribution in [0.15, 0.2) is 24.3 Å². The lowest BCUT2D eigenvalue weighted by molar-refractivity contribution is -0.151. The van der Waals surface area contributed by atoms with Gasteiger partial charge in [-0.2, -0.15) is 0 Å². The zero-order valence-electron chi connectivity index (χ0n) is 15.4. The Labute approximate surface area is 149 Å². The van der Waals surface area contributed by atoms with Crippen LogP contribution in [0.2, 0.25) is 0 Å². The maximum Gasteiger partial charge on any atom is 0.245 e. The average molecular weight is 344 g/mol. The molecule has 1 aromatic rings. The Morgan fingerprint density at radius 3 is 2.64 bits per heavy atom. The van der Waals surface area contributed by atoms with Gasteiger partial charge >= 0.3 is 0 Å². The smallest absolute Gasteiger partial charge is 0.245 e. The molecule has 25 heavy (non-hydrogen) atoms. The largest absolute Gasteiger partial charge is 0.375 e. The molecular weight excluding hydrogens is 316 g/mol. The number of amides is 2. The van der Waals surface area contributed by atoms with Gasteiger partial charge in [0.15, 0.2) is 0 Å². The summed E-state index contributed by atoms with van der Waals surface area (Å²) in [6, 6.07) is 7.73. The number of carbonyl (C=O) groups is 2. The second-order valence-electron chi connectivity index (χ2n) is 7.57. The third-order valence-corrected chi connectivity index (χ3v) is 4.99. The summed E-state index contributed by atoms with van der Waals surface area (Å²) < 4.78 is 5.55. The topological polar surface area (TPSA) is 49.9 Å². The zero-order chi connectivity index (χ0) is 18.0. The van der Waals surface area contributed by atoms with Gasteiger partial charge in [0.25, 0.3) is 0 Å². The van der Waals surface area contributed by atoms with Gasteiger partial charge in [0.2, 0.25) is 11.8 Å². The van der Waals surface area contributed by atoms with Crippen LogP contribution in [0, 0.1) is 5.92 Å². The Morgan fingerprint density at radius 2 is 1.96 bits per heavy atom. The number of ether oxygens (including phenoxy) is 1. The van der Waals surface area contributed by atoms with E-state index < -0.39 is 6.04 Å². The van der Waals surface area contributed by atoms with Crippen molar-refractivity contribution in [1.29, 1.82) is 0 Å². The molecule has 0 bridgehead atoms. The number of benzene rings is 1. The Morgan fingerprint density at radius 1 is 1.24 bits per heavy atom. The van der Waals surface area contributed by atoms with Gasteiger partial charge in [-0.05, 0) is 24.0 Å². The van der Waals surface area contributed by atoms with Crippen LogP contribution < -0.4 is 0 Å². The number of nitrogens with zero attached hydrogens (tertiary/aromatic N) is 2. The van der Waals surface area contributed by atoms with Gasteiger partial charge < -0.3 is 14.5 Å². The number of hydrogen-bond donors (Lipinski definition) is 0. The van der Waals surface area contributed by atoms with E-state index in [2.05, 4.69) is 12.1 Å². The first-order chi connectivity index (χ1) is 12.0. The maximum atomic E-state index is 13.2. The summed E-state index contributed by atoms with van der Waals surface area (Å²) in [7, 11) is 0. The molecule has 0 radical (unpaired) electrons. The standard InChI is InChI=1S/C20H28N2O3/c1-14(2)10-19(23)22-13-17-7-5-4-6-16(17)11-18(22)20(24)21-8-9-25-15(3)12-21/h4-7,14-15,18H,8-13H2,1-3H3/t15-,18+/m1/s1. The third-order valence-electron chi connectivity index (χ3n) is 4.99. The van der Waals surface area contributed by atoms with Crippen LogP contribution in [0.3, 0.4) is 0 Å². The van der Waals surface area contributed by atoms with E-state index in [0.717, 1.165) is 5.56 Å². The van der Waals surface area contributed by atoms with Crippen LogP contribution in [0.25, 0.3) is 0 Å². The number of carbonyl (C=O) groups excluding carboxylic acids is 2. The second kappa shape index (κ2) is 7.56. The lowest BCUT2D eigenvalue weighted by Crippen LogP contribution is -2.56. The molecule has 0 spiro atoms. The normalized spacial score (nSPS) is 23.5. The van der Waals surface area contributed by atoms with Crippen LogP contribution in [0.4, 0.5) is 0 Å². The molecule has 136 valence electrons. The number of morpholine rings is 1. The van der Waals surface area contributed by atoms with E-state index in [4.69, 9.17) is 4.74 Å². The molecule has 2 atom stereocenters. The first-order valence-corrected chi connectivity index (χ1v) is 9.22. The quantitative estimate of drug-likeness (QED) is 0.845. The molecule has 0 aliphatic carbocycles. The van der Waals surface area contributed by atoms with E-state index >= 15 is 0 Å². The summed E-state index contributed by atoms with van der Waals surface area (Å²) in [6.45, 7) is 8.36. The van der Waals surface area contributed by atoms with Crippen molar-refractivity contribution in [2.45, 2.75) is 52.3 Å². The highest BCUT2D eigenvalue weighted by molar-refractivity contribution is 5.88. The fourth-order valence-electron chi connectivity index (χ4n) is 3.70. The van der Waals surface area contributed by atoms with Gasteiger partial charge in [-0.3, -0.25) is 9.59 Å². The summed E-state index contributed by atoms with van der Waals surface area (Å²) in [4.78, 5) is 29.7. The predicted octanol–water partition coefficient (Wildman–Crippen LogP) is 2.23. The second-order valence-corrected chi connectivity index (χ2v) is 7.57. The maximum absolute atomic E-state index is 13.2. The molecule has 2 aliphatic rings. The molecule has 3 rings (SSSR count). The van der Waals surface area contributed by atoms with E-state index in [1.807, 2.05) is 37.8 Å². The van der Waals surface area contributed by atoms with Gasteiger partial charge in [0.1, 0.15) is 6.04 Å². The van der Waals surface area contributed by atoms with Crippen LogP contribution in [0.5, 0.6) is 0 Å². The van der Waals surface area contributed by atoms with E-state index in [9.17, 15) is 9.59 Å². The highest BCUT2D eigenvalue weighted by Crippen LogP contribution is 2.26. The first kappa shape index (κ1) is 17.9. The minimum absolute atomic E-state index is 0.0494. The summed E-state index contributed by atoms with van der Waals surface area (Å²) in [5, 5.41) is 0. The molecule has 1 saturated heterocycles. The summed E-state index contributed by atoms with van der Waals surface area (Å²) >= 11 is 0. The summed E-state index contributed by atoms with van der Waals surface area (Å²) in [6.07, 6.45) is 1.13. The Bertz CT molecular complexity index is 644. The van der Waals surface area contributed by atoms with E-state index in [1.54, 1.807) is 4.90 Å². The molecule has 0 N–H and O–H groups in total. The number of hydrogen-bond acceptors (Lipinski definition) is 3. The van der Waals surface area contributed by atoms with Gasteiger partial charge in [0.05, 0.1) is 12.7 Å². The zero-order valence-corrected chi connectivity index (χ0v) is 15.4. The molecule has 1 aromatic carbocycles. The predicted molar refractivity (Wildman–Crippen MR) is 95.9 cm³/mol. The Kier molecular flexibility index (Phi) is 5.42. The van der Waals surface area contributed by atoms with Crippen LogP contribution in [-0.4, -0.2) is 53.5 Å². The van der Waals surface area contributed by atoms with Crippen molar-refractivity contribution in [2.75, 3.05) is 19.7 Å². The molecule has 0 saturated carbocycles. The van der Waals surface area contributed by atoms with Gasteiger partial charge in [0, 0.05) is 32.5 Å². The van der Waals surface area contributed by atoms with Gasteiger partial charge in [-0.15, -0.1) is 0 Å². The lowest BCUT2D eigenvalue weighted by Gasteiger charge is -2.40. The highest BCUT2D eigenvalue weighted by atomic mass is 16.5. The fourth-order valence-corrected chi connectivity index (χ4v) is 3.70. The molecule has 2 aliphatic heterocycles. The van der Waals surface area contributed by atoms with Crippen molar-refractivity contribution in [2.24, 2.45) is 5.92 Å². The average Bonchev–Trinajstić information content (AvgIpc) is 2.59. The van der Waals surface area contributed by atoms with Crippen LogP contribution in [0.1, 0.15) is 38.3 Å². The van der Waals surface area contributed by atoms with Crippen LogP contribution in [-0.2, 0) is 27.3 Å². The molecule has 1 fully saturated rings. The van der Waals surface area contributed by atoms with E-state index in [0.29, 0.717) is 39.1 Å². The Balaban J connectivity index is 1.84. The summed E-state index contributed by atoms with van der Waals surface area (Å²) in [5.41, 5.74) is 2.33.